The molecule has 0 aliphatic carbocycles. The maximum absolute atomic E-state index is 12.2. The van der Waals surface area contributed by atoms with E-state index in [0.29, 0.717) is 22.8 Å². The first-order chi connectivity index (χ1) is 11.7. The van der Waals surface area contributed by atoms with Gasteiger partial charge in [-0.05, 0) is 18.2 Å². The number of anilines is 1. The van der Waals surface area contributed by atoms with Gasteiger partial charge >= 0.3 is 0 Å². The molecule has 0 aliphatic rings. The summed E-state index contributed by atoms with van der Waals surface area (Å²) in [6.45, 7) is 0.0836. The molecule has 3 aromatic heterocycles. The minimum atomic E-state index is -0.357. The summed E-state index contributed by atoms with van der Waals surface area (Å²) in [5.41, 5.74) is 2.04. The first-order valence-corrected chi connectivity index (χ1v) is 7.17. The molecule has 0 aromatic carbocycles. The van der Waals surface area contributed by atoms with Crippen molar-refractivity contribution in [2.24, 2.45) is 0 Å². The van der Waals surface area contributed by atoms with Gasteiger partial charge in [-0.1, -0.05) is 6.07 Å². The summed E-state index contributed by atoms with van der Waals surface area (Å²) in [6, 6.07) is 7.07. The van der Waals surface area contributed by atoms with Gasteiger partial charge in [-0.2, -0.15) is 10.2 Å². The number of amides is 2. The highest BCUT2D eigenvalue weighted by atomic mass is 16.2. The number of likely N-dealkylation sites (N-methyl/N-ethyl adjacent to an activating group) is 1. The van der Waals surface area contributed by atoms with E-state index in [0.717, 1.165) is 0 Å². The first-order valence-electron chi connectivity index (χ1n) is 7.17. The number of pyridine rings is 1. The second kappa shape index (κ2) is 6.73. The molecule has 9 nitrogen and oxygen atoms in total. The van der Waals surface area contributed by atoms with Crippen molar-refractivity contribution in [3.05, 3.63) is 48.5 Å². The lowest BCUT2D eigenvalue weighted by atomic mass is 10.2. The molecule has 0 spiro atoms. The third-order valence-corrected chi connectivity index (χ3v) is 3.23. The number of H-pyrrole nitrogens is 1. The highest BCUT2D eigenvalue weighted by Gasteiger charge is 2.13. The van der Waals surface area contributed by atoms with Gasteiger partial charge in [0.05, 0.1) is 17.6 Å². The minimum absolute atomic E-state index is 0.0836. The van der Waals surface area contributed by atoms with E-state index >= 15 is 0 Å². The van der Waals surface area contributed by atoms with E-state index in [1.807, 2.05) is 6.07 Å². The molecular formula is C15H15N7O2. The summed E-state index contributed by atoms with van der Waals surface area (Å²) >= 11 is 0. The van der Waals surface area contributed by atoms with Gasteiger partial charge in [-0.15, -0.1) is 0 Å². The van der Waals surface area contributed by atoms with Gasteiger partial charge in [0.25, 0.3) is 5.91 Å². The number of nitrogens with zero attached hydrogens (tertiary/aromatic N) is 4. The van der Waals surface area contributed by atoms with Gasteiger partial charge in [0.15, 0.2) is 0 Å². The Labute approximate surface area is 137 Å². The van der Waals surface area contributed by atoms with Crippen molar-refractivity contribution in [3.63, 3.8) is 0 Å². The molecule has 0 saturated carbocycles. The fourth-order valence-corrected chi connectivity index (χ4v) is 2.02. The average Bonchev–Trinajstić information content (AvgIpc) is 3.25. The van der Waals surface area contributed by atoms with E-state index in [2.05, 4.69) is 30.9 Å². The monoisotopic (exact) mass is 325 g/mol. The third-order valence-electron chi connectivity index (χ3n) is 3.23. The molecule has 9 heteroatoms. The van der Waals surface area contributed by atoms with Crippen molar-refractivity contribution in [2.75, 3.05) is 12.4 Å². The second-order valence-electron chi connectivity index (χ2n) is 4.94. The highest BCUT2D eigenvalue weighted by Crippen LogP contribution is 2.15. The molecule has 2 amide bonds. The van der Waals surface area contributed by atoms with E-state index in [-0.39, 0.29) is 18.4 Å². The van der Waals surface area contributed by atoms with Crippen LogP contribution in [0.2, 0.25) is 0 Å². The van der Waals surface area contributed by atoms with Crippen molar-refractivity contribution in [1.29, 1.82) is 0 Å². The van der Waals surface area contributed by atoms with E-state index in [1.165, 1.54) is 10.9 Å². The Hall–Kier alpha value is -3.49. The van der Waals surface area contributed by atoms with Crippen LogP contribution in [0.15, 0.2) is 42.9 Å². The summed E-state index contributed by atoms with van der Waals surface area (Å²) in [4.78, 5) is 27.7. The van der Waals surface area contributed by atoms with Crippen molar-refractivity contribution in [3.8, 4) is 11.4 Å². The zero-order valence-electron chi connectivity index (χ0n) is 12.9. The maximum atomic E-state index is 12.2. The van der Waals surface area contributed by atoms with Gasteiger partial charge in [0.2, 0.25) is 5.91 Å². The van der Waals surface area contributed by atoms with Crippen LogP contribution in [0.1, 0.15) is 10.5 Å². The molecule has 122 valence electrons. The Bertz CT molecular complexity index is 854. The Balaban J connectivity index is 1.67. The summed E-state index contributed by atoms with van der Waals surface area (Å²) in [6.07, 6.45) is 4.70. The minimum Gasteiger partial charge on any atom is -0.358 e. The number of carbonyl (C=O) groups is 2. The number of hydrogen-bond acceptors (Lipinski definition) is 5. The topological polar surface area (TPSA) is 118 Å². The van der Waals surface area contributed by atoms with Gasteiger partial charge in [-0.25, -0.2) is 0 Å². The molecule has 0 fully saturated rings. The van der Waals surface area contributed by atoms with Gasteiger partial charge in [-0.3, -0.25) is 24.4 Å². The van der Waals surface area contributed by atoms with Crippen LogP contribution in [0, 0.1) is 0 Å². The van der Waals surface area contributed by atoms with Crippen LogP contribution in [0.5, 0.6) is 0 Å². The van der Waals surface area contributed by atoms with Crippen LogP contribution in [0.3, 0.4) is 0 Å². The first kappa shape index (κ1) is 15.4. The fraction of sp³-hybridized carbons (Fsp3) is 0.133. The molecule has 3 rings (SSSR count). The molecule has 0 saturated heterocycles. The molecule has 0 bridgehead atoms. The molecule has 24 heavy (non-hydrogen) atoms. The van der Waals surface area contributed by atoms with Crippen LogP contribution in [-0.4, -0.2) is 43.8 Å². The van der Waals surface area contributed by atoms with Crippen LogP contribution in [-0.2, 0) is 11.3 Å². The zero-order valence-corrected chi connectivity index (χ0v) is 12.9. The molecule has 0 aliphatic heterocycles. The number of carbonyl (C=O) groups excluding carboxylic acids is 2. The lowest BCUT2D eigenvalue weighted by Crippen LogP contribution is -2.23. The summed E-state index contributed by atoms with van der Waals surface area (Å²) in [7, 11) is 1.55. The standard InChI is InChI=1S/C15H15N7O2/c1-16-14(23)9-22-8-10(7-18-22)19-15(24)13-6-12(20-21-13)11-4-2-3-5-17-11/h2-8H,9H2,1H3,(H,16,23)(H,19,24)(H,20,21). The summed E-state index contributed by atoms with van der Waals surface area (Å²) in [5, 5.41) is 16.0. The summed E-state index contributed by atoms with van der Waals surface area (Å²) in [5.74, 6) is -0.534. The van der Waals surface area contributed by atoms with Crippen LogP contribution in [0.25, 0.3) is 11.4 Å². The largest absolute Gasteiger partial charge is 0.358 e. The number of rotatable bonds is 5. The third kappa shape index (κ3) is 3.46. The Morgan fingerprint density at radius 3 is 2.92 bits per heavy atom. The predicted molar refractivity (Wildman–Crippen MR) is 86.1 cm³/mol. The van der Waals surface area contributed by atoms with E-state index in [4.69, 9.17) is 0 Å². The number of aromatic amines is 1. The molecule has 3 aromatic rings. The zero-order chi connectivity index (χ0) is 16.9. The number of hydrogen-bond donors (Lipinski definition) is 3. The van der Waals surface area contributed by atoms with E-state index in [9.17, 15) is 9.59 Å². The molecular weight excluding hydrogens is 310 g/mol. The molecule has 0 atom stereocenters. The van der Waals surface area contributed by atoms with Crippen molar-refractivity contribution < 1.29 is 9.59 Å². The molecule has 0 radical (unpaired) electrons. The molecule has 0 unspecified atom stereocenters. The van der Waals surface area contributed by atoms with Gasteiger partial charge < -0.3 is 10.6 Å². The lowest BCUT2D eigenvalue weighted by Gasteiger charge is -2.00. The van der Waals surface area contributed by atoms with Gasteiger partial charge in [0.1, 0.15) is 17.9 Å². The smallest absolute Gasteiger partial charge is 0.273 e. The predicted octanol–water partition coefficient (Wildman–Crippen LogP) is 0.666. The Morgan fingerprint density at radius 2 is 2.17 bits per heavy atom. The van der Waals surface area contributed by atoms with Crippen LogP contribution < -0.4 is 10.6 Å². The molecule has 3 N–H and O–H groups in total. The van der Waals surface area contributed by atoms with Crippen molar-refractivity contribution in [1.82, 2.24) is 30.3 Å². The highest BCUT2D eigenvalue weighted by molar-refractivity contribution is 6.03. The normalized spacial score (nSPS) is 10.4. The Morgan fingerprint density at radius 1 is 1.29 bits per heavy atom. The van der Waals surface area contributed by atoms with E-state index in [1.54, 1.807) is 37.6 Å². The number of aromatic nitrogens is 5. The molecule has 3 heterocycles. The van der Waals surface area contributed by atoms with Crippen molar-refractivity contribution >= 4 is 17.5 Å². The van der Waals surface area contributed by atoms with Crippen molar-refractivity contribution in [2.45, 2.75) is 6.54 Å². The Kier molecular flexibility index (Phi) is 4.32. The van der Waals surface area contributed by atoms with Crippen LogP contribution in [0.4, 0.5) is 5.69 Å². The second-order valence-corrected chi connectivity index (χ2v) is 4.94. The maximum Gasteiger partial charge on any atom is 0.273 e. The lowest BCUT2D eigenvalue weighted by molar-refractivity contribution is -0.121. The average molecular weight is 325 g/mol. The summed E-state index contributed by atoms with van der Waals surface area (Å²) < 4.78 is 1.43. The SMILES string of the molecule is CNC(=O)Cn1cc(NC(=O)c2cc(-c3ccccn3)n[nH]2)cn1. The fourth-order valence-electron chi connectivity index (χ4n) is 2.02. The van der Waals surface area contributed by atoms with E-state index < -0.39 is 0 Å². The quantitative estimate of drug-likeness (QED) is 0.637. The van der Waals surface area contributed by atoms with Gasteiger partial charge in [0, 0.05) is 19.4 Å². The van der Waals surface area contributed by atoms with Crippen LogP contribution >= 0.6 is 0 Å². The number of nitrogens with one attached hydrogen (secondary N) is 3.